The van der Waals surface area contributed by atoms with Gasteiger partial charge in [0.25, 0.3) is 0 Å². The number of aliphatic hydroxyl groups excluding tert-OH is 1. The molecule has 34 heavy (non-hydrogen) atoms. The molecule has 1 aromatic heterocycles. The quantitative estimate of drug-likeness (QED) is 0.496. The molecule has 2 aromatic rings. The molecule has 11 nitrogen and oxygen atoms in total. The van der Waals surface area contributed by atoms with Crippen LogP contribution in [0, 0.1) is 19.8 Å². The van der Waals surface area contributed by atoms with Gasteiger partial charge >= 0.3 is 0 Å². The fourth-order valence-electron chi connectivity index (χ4n) is 3.89. The van der Waals surface area contributed by atoms with Crippen LogP contribution in [0.2, 0.25) is 0 Å². The fourth-order valence-corrected chi connectivity index (χ4v) is 5.65. The molecule has 1 aliphatic heterocycles. The van der Waals surface area contributed by atoms with Crippen LogP contribution in [0.15, 0.2) is 27.6 Å². The first kappa shape index (κ1) is 25.8. The van der Waals surface area contributed by atoms with Gasteiger partial charge in [0.05, 0.1) is 14.2 Å². The molecular formula is C22H31N3O8S. The summed E-state index contributed by atoms with van der Waals surface area (Å²) in [5.41, 5.74) is 0.319. The van der Waals surface area contributed by atoms with Gasteiger partial charge in [-0.1, -0.05) is 11.2 Å². The Morgan fingerprint density at radius 2 is 1.85 bits per heavy atom. The van der Waals surface area contributed by atoms with Crippen molar-refractivity contribution in [2.45, 2.75) is 37.7 Å². The summed E-state index contributed by atoms with van der Waals surface area (Å²) in [5, 5.41) is 16.7. The van der Waals surface area contributed by atoms with Crippen LogP contribution in [-0.2, 0) is 14.8 Å². The van der Waals surface area contributed by atoms with Crippen LogP contribution < -0.4 is 19.5 Å². The van der Waals surface area contributed by atoms with Crippen LogP contribution in [0.5, 0.6) is 17.2 Å². The second-order valence-electron chi connectivity index (χ2n) is 8.03. The smallest absolute Gasteiger partial charge is 0.248 e. The minimum Gasteiger partial charge on any atom is -0.493 e. The van der Waals surface area contributed by atoms with E-state index in [1.807, 2.05) is 0 Å². The third kappa shape index (κ3) is 5.62. The maximum atomic E-state index is 12.9. The Kier molecular flexibility index (Phi) is 8.39. The molecule has 0 radical (unpaired) electrons. The standard InChI is InChI=1S/C22H31N3O8S/c1-14-21(15(2)33-24-14)34(28,29)25-10-8-16(9-11-25)22(27)23-12-17(26)13-32-20-18(30-3)6-5-7-19(20)31-4/h5-7,16-17,26H,8-13H2,1-4H3,(H,23,27). The van der Waals surface area contributed by atoms with Crippen LogP contribution in [0.1, 0.15) is 24.3 Å². The second-order valence-corrected chi connectivity index (χ2v) is 9.91. The Balaban J connectivity index is 1.48. The van der Waals surface area contributed by atoms with E-state index in [1.165, 1.54) is 18.5 Å². The van der Waals surface area contributed by atoms with E-state index in [-0.39, 0.29) is 48.7 Å². The van der Waals surface area contributed by atoms with Gasteiger partial charge in [-0.05, 0) is 38.8 Å². The first-order valence-corrected chi connectivity index (χ1v) is 12.4. The number of sulfonamides is 1. The molecule has 12 heteroatoms. The van der Waals surface area contributed by atoms with E-state index >= 15 is 0 Å². The molecule has 1 aromatic carbocycles. The first-order valence-electron chi connectivity index (χ1n) is 10.9. The average molecular weight is 498 g/mol. The molecule has 0 aliphatic carbocycles. The normalized spacial score (nSPS) is 16.1. The number of ether oxygens (including phenoxy) is 3. The highest BCUT2D eigenvalue weighted by atomic mass is 32.2. The van der Waals surface area contributed by atoms with Crippen molar-refractivity contribution < 1.29 is 37.1 Å². The van der Waals surface area contributed by atoms with E-state index in [4.69, 9.17) is 18.7 Å². The molecule has 1 aliphatic rings. The van der Waals surface area contributed by atoms with Crippen molar-refractivity contribution in [3.05, 3.63) is 29.7 Å². The lowest BCUT2D eigenvalue weighted by Crippen LogP contribution is -2.44. The zero-order valence-corrected chi connectivity index (χ0v) is 20.6. The van der Waals surface area contributed by atoms with Gasteiger partial charge in [0.15, 0.2) is 17.3 Å². The van der Waals surface area contributed by atoms with Crippen LogP contribution in [0.4, 0.5) is 0 Å². The maximum absolute atomic E-state index is 12.9. The predicted octanol–water partition coefficient (Wildman–Crippen LogP) is 1.27. The molecule has 1 unspecified atom stereocenters. The number of methoxy groups -OCH3 is 2. The van der Waals surface area contributed by atoms with Gasteiger partial charge in [-0.15, -0.1) is 0 Å². The Hall–Kier alpha value is -2.83. The van der Waals surface area contributed by atoms with Crippen molar-refractivity contribution >= 4 is 15.9 Å². The minimum absolute atomic E-state index is 0.00606. The number of aryl methyl sites for hydroxylation is 2. The van der Waals surface area contributed by atoms with Gasteiger partial charge in [0.1, 0.15) is 23.3 Å². The van der Waals surface area contributed by atoms with Crippen LogP contribution in [-0.4, -0.2) is 75.5 Å². The zero-order chi connectivity index (χ0) is 24.9. The Morgan fingerprint density at radius 1 is 1.24 bits per heavy atom. The Bertz CT molecular complexity index is 1050. The van der Waals surface area contributed by atoms with E-state index in [2.05, 4.69) is 10.5 Å². The zero-order valence-electron chi connectivity index (χ0n) is 19.7. The van der Waals surface area contributed by atoms with Crippen molar-refractivity contribution in [1.29, 1.82) is 0 Å². The minimum atomic E-state index is -3.73. The summed E-state index contributed by atoms with van der Waals surface area (Å²) >= 11 is 0. The summed E-state index contributed by atoms with van der Waals surface area (Å²) in [5.74, 6) is 0.966. The summed E-state index contributed by atoms with van der Waals surface area (Å²) in [6, 6.07) is 5.18. The average Bonchev–Trinajstić information content (AvgIpc) is 3.19. The lowest BCUT2D eigenvalue weighted by Gasteiger charge is -2.30. The molecule has 1 amide bonds. The number of nitrogens with one attached hydrogen (secondary N) is 1. The van der Waals surface area contributed by atoms with Crippen molar-refractivity contribution in [2.24, 2.45) is 5.92 Å². The molecular weight excluding hydrogens is 466 g/mol. The summed E-state index contributed by atoms with van der Waals surface area (Å²) in [6.45, 7) is 3.49. The Labute approximate surface area is 199 Å². The van der Waals surface area contributed by atoms with Crippen LogP contribution in [0.25, 0.3) is 0 Å². The van der Waals surface area contributed by atoms with Gasteiger partial charge in [-0.2, -0.15) is 4.31 Å². The summed E-state index contributed by atoms with van der Waals surface area (Å²) in [4.78, 5) is 12.7. The monoisotopic (exact) mass is 497 g/mol. The molecule has 0 saturated carbocycles. The molecule has 2 N–H and O–H groups in total. The highest BCUT2D eigenvalue weighted by Gasteiger charge is 2.35. The number of aliphatic hydroxyl groups is 1. The number of carbonyl (C=O) groups is 1. The number of hydrogen-bond acceptors (Lipinski definition) is 9. The summed E-state index contributed by atoms with van der Waals surface area (Å²) < 4.78 is 48.4. The van der Waals surface area contributed by atoms with E-state index in [1.54, 1.807) is 32.0 Å². The Morgan fingerprint density at radius 3 is 2.38 bits per heavy atom. The second kappa shape index (κ2) is 11.1. The summed E-state index contributed by atoms with van der Waals surface area (Å²) in [6.07, 6.45) is -0.211. The number of rotatable bonds is 10. The van der Waals surface area contributed by atoms with Crippen molar-refractivity contribution in [1.82, 2.24) is 14.8 Å². The highest BCUT2D eigenvalue weighted by Crippen LogP contribution is 2.36. The molecule has 1 atom stereocenters. The largest absolute Gasteiger partial charge is 0.493 e. The molecule has 0 bridgehead atoms. The van der Waals surface area contributed by atoms with Crippen molar-refractivity contribution in [3.63, 3.8) is 0 Å². The number of carbonyl (C=O) groups excluding carboxylic acids is 1. The van der Waals surface area contributed by atoms with Gasteiger partial charge in [-0.25, -0.2) is 8.42 Å². The molecule has 3 rings (SSSR count). The predicted molar refractivity (Wildman–Crippen MR) is 122 cm³/mol. The van der Waals surface area contributed by atoms with Crippen molar-refractivity contribution in [2.75, 3.05) is 40.5 Å². The summed E-state index contributed by atoms with van der Waals surface area (Å²) in [7, 11) is -0.725. The number of nitrogens with zero attached hydrogens (tertiary/aromatic N) is 2. The topological polar surface area (TPSA) is 140 Å². The lowest BCUT2D eigenvalue weighted by molar-refractivity contribution is -0.126. The van der Waals surface area contributed by atoms with Gasteiger partial charge in [0.2, 0.25) is 21.7 Å². The number of para-hydroxylation sites is 1. The van der Waals surface area contributed by atoms with E-state index < -0.39 is 16.1 Å². The number of aromatic nitrogens is 1. The third-order valence-electron chi connectivity index (χ3n) is 5.71. The fraction of sp³-hybridized carbons (Fsp3) is 0.545. The number of hydrogen-bond donors (Lipinski definition) is 2. The number of piperidine rings is 1. The van der Waals surface area contributed by atoms with E-state index in [0.717, 1.165) is 0 Å². The van der Waals surface area contributed by atoms with E-state index in [0.29, 0.717) is 35.8 Å². The molecule has 188 valence electrons. The van der Waals surface area contributed by atoms with E-state index in [9.17, 15) is 18.3 Å². The molecule has 1 fully saturated rings. The van der Waals surface area contributed by atoms with Crippen LogP contribution >= 0.6 is 0 Å². The lowest BCUT2D eigenvalue weighted by atomic mass is 9.97. The maximum Gasteiger partial charge on any atom is 0.248 e. The third-order valence-corrected chi connectivity index (χ3v) is 7.85. The molecule has 2 heterocycles. The molecule has 1 saturated heterocycles. The van der Waals surface area contributed by atoms with Crippen LogP contribution in [0.3, 0.4) is 0 Å². The van der Waals surface area contributed by atoms with Gasteiger partial charge < -0.3 is 29.2 Å². The first-order chi connectivity index (χ1) is 16.2. The molecule has 0 spiro atoms. The number of benzene rings is 1. The highest BCUT2D eigenvalue weighted by molar-refractivity contribution is 7.89. The van der Waals surface area contributed by atoms with Gasteiger partial charge in [-0.3, -0.25) is 4.79 Å². The SMILES string of the molecule is COc1cccc(OC)c1OCC(O)CNC(=O)C1CCN(S(=O)(=O)c2c(C)noc2C)CC1. The number of amides is 1. The van der Waals surface area contributed by atoms with Gasteiger partial charge in [0, 0.05) is 25.6 Å². The van der Waals surface area contributed by atoms with Crippen molar-refractivity contribution in [3.8, 4) is 17.2 Å².